The van der Waals surface area contributed by atoms with E-state index >= 15 is 0 Å². The molecule has 30 heavy (non-hydrogen) atoms. The average molecular weight is 446 g/mol. The molecule has 0 fully saturated rings. The second-order valence-electron chi connectivity index (χ2n) is 6.19. The zero-order chi connectivity index (χ0) is 21.0. The number of ether oxygens (including phenoxy) is 1. The number of nitrogens with one attached hydrogen (secondary N) is 1. The van der Waals surface area contributed by atoms with E-state index in [0.717, 1.165) is 0 Å². The summed E-state index contributed by atoms with van der Waals surface area (Å²) in [7, 11) is 1.39. The highest BCUT2D eigenvalue weighted by molar-refractivity contribution is 6.31. The fraction of sp³-hybridized carbons (Fsp3) is 0.143. The smallest absolute Gasteiger partial charge is 0.311 e. The molecular weight excluding hydrogens is 429 g/mol. The van der Waals surface area contributed by atoms with Crippen molar-refractivity contribution in [1.29, 1.82) is 5.26 Å². The second kappa shape index (κ2) is 9.92. The predicted octanol–water partition coefficient (Wildman–Crippen LogP) is 3.80. The number of halogens is 2. The number of carboxylic acid groups (broad SMARTS) is 1. The third-order valence-corrected chi connectivity index (χ3v) is 4.71. The van der Waals surface area contributed by atoms with Gasteiger partial charge in [0, 0.05) is 46.2 Å². The standard InChI is InChI=1S/C21H16ClN3O4.ClH/c1-29-17-11-25-20(26)19(16(21(27)28)9-14-4-2-3-7-24-14)18(17)15-8-13(22)6-5-12(15)10-23;/h2-8,11,16H,9H2,1H3,(H,25,26)(H,27,28);1H. The molecule has 0 saturated heterocycles. The van der Waals surface area contributed by atoms with Crippen LogP contribution in [0, 0.1) is 11.3 Å². The van der Waals surface area contributed by atoms with E-state index in [1.54, 1.807) is 30.5 Å². The summed E-state index contributed by atoms with van der Waals surface area (Å²) >= 11 is 6.12. The summed E-state index contributed by atoms with van der Waals surface area (Å²) in [6.45, 7) is 0. The number of aromatic amines is 1. The van der Waals surface area contributed by atoms with Crippen molar-refractivity contribution in [2.45, 2.75) is 12.3 Å². The van der Waals surface area contributed by atoms with Gasteiger partial charge in [-0.05, 0) is 30.3 Å². The summed E-state index contributed by atoms with van der Waals surface area (Å²) in [4.78, 5) is 31.6. The van der Waals surface area contributed by atoms with Crippen LogP contribution in [-0.4, -0.2) is 28.2 Å². The first kappa shape index (κ1) is 22.9. The van der Waals surface area contributed by atoms with E-state index in [9.17, 15) is 20.0 Å². The number of nitrogens with zero attached hydrogens (tertiary/aromatic N) is 2. The fourth-order valence-corrected chi connectivity index (χ4v) is 3.33. The van der Waals surface area contributed by atoms with Gasteiger partial charge in [0.1, 0.15) is 5.75 Å². The fourth-order valence-electron chi connectivity index (χ4n) is 3.16. The number of hydrogen-bond donors (Lipinski definition) is 2. The van der Waals surface area contributed by atoms with E-state index in [0.29, 0.717) is 16.3 Å². The highest BCUT2D eigenvalue weighted by Gasteiger charge is 2.30. The predicted molar refractivity (Wildman–Crippen MR) is 114 cm³/mol. The van der Waals surface area contributed by atoms with Crippen LogP contribution < -0.4 is 10.3 Å². The molecule has 7 nitrogen and oxygen atoms in total. The molecule has 0 bridgehead atoms. The first-order valence-electron chi connectivity index (χ1n) is 8.58. The van der Waals surface area contributed by atoms with Gasteiger partial charge in [-0.1, -0.05) is 17.7 Å². The first-order chi connectivity index (χ1) is 14.0. The average Bonchev–Trinajstić information content (AvgIpc) is 2.72. The Morgan fingerprint density at radius 2 is 2.13 bits per heavy atom. The van der Waals surface area contributed by atoms with Gasteiger partial charge in [0.05, 0.1) is 24.7 Å². The third kappa shape index (κ3) is 4.62. The molecule has 1 unspecified atom stereocenters. The van der Waals surface area contributed by atoms with E-state index in [1.807, 2.05) is 0 Å². The Morgan fingerprint density at radius 3 is 2.73 bits per heavy atom. The molecule has 2 N–H and O–H groups in total. The quantitative estimate of drug-likeness (QED) is 0.595. The Balaban J connectivity index is 0.00000320. The molecule has 2 aromatic heterocycles. The molecule has 1 atom stereocenters. The minimum Gasteiger partial charge on any atom is -0.495 e. The molecule has 0 aliphatic heterocycles. The number of aromatic nitrogens is 2. The van der Waals surface area contributed by atoms with Crippen molar-refractivity contribution in [3.05, 3.63) is 81.0 Å². The summed E-state index contributed by atoms with van der Waals surface area (Å²) in [5.74, 6) is -2.19. The van der Waals surface area contributed by atoms with Crippen LogP contribution in [0.5, 0.6) is 5.75 Å². The van der Waals surface area contributed by atoms with Crippen LogP contribution >= 0.6 is 24.0 Å². The summed E-state index contributed by atoms with van der Waals surface area (Å²) in [6, 6.07) is 11.8. The number of hydrogen-bond acceptors (Lipinski definition) is 5. The van der Waals surface area contributed by atoms with Crippen LogP contribution in [0.1, 0.15) is 22.7 Å². The topological polar surface area (TPSA) is 116 Å². The van der Waals surface area contributed by atoms with E-state index < -0.39 is 17.4 Å². The number of methoxy groups -OCH3 is 1. The van der Waals surface area contributed by atoms with Crippen molar-refractivity contribution in [1.82, 2.24) is 9.97 Å². The monoisotopic (exact) mass is 445 g/mol. The Morgan fingerprint density at radius 1 is 1.37 bits per heavy atom. The molecule has 0 spiro atoms. The highest BCUT2D eigenvalue weighted by Crippen LogP contribution is 2.38. The Hall–Kier alpha value is -3.34. The number of rotatable bonds is 6. The van der Waals surface area contributed by atoms with Crippen LogP contribution in [0.2, 0.25) is 5.02 Å². The lowest BCUT2D eigenvalue weighted by molar-refractivity contribution is -0.138. The van der Waals surface area contributed by atoms with Crippen LogP contribution in [0.4, 0.5) is 0 Å². The van der Waals surface area contributed by atoms with E-state index in [4.69, 9.17) is 16.3 Å². The van der Waals surface area contributed by atoms with Crippen molar-refractivity contribution >= 4 is 30.0 Å². The number of nitriles is 1. The van der Waals surface area contributed by atoms with Gasteiger partial charge in [0.2, 0.25) is 0 Å². The second-order valence-corrected chi connectivity index (χ2v) is 6.63. The van der Waals surface area contributed by atoms with Crippen molar-refractivity contribution in [2.24, 2.45) is 0 Å². The summed E-state index contributed by atoms with van der Waals surface area (Å²) in [6.07, 6.45) is 2.88. The van der Waals surface area contributed by atoms with Gasteiger partial charge in [-0.3, -0.25) is 14.6 Å². The Kier molecular flexibility index (Phi) is 7.59. The molecule has 2 heterocycles. The molecule has 1 aromatic carbocycles. The first-order valence-corrected chi connectivity index (χ1v) is 8.96. The van der Waals surface area contributed by atoms with E-state index in [-0.39, 0.29) is 41.3 Å². The molecule has 3 aromatic rings. The van der Waals surface area contributed by atoms with Gasteiger partial charge in [0.15, 0.2) is 0 Å². The molecule has 0 aliphatic rings. The Labute approximate surface area is 183 Å². The number of aliphatic carboxylic acids is 1. The van der Waals surface area contributed by atoms with Crippen molar-refractivity contribution < 1.29 is 14.6 Å². The lowest BCUT2D eigenvalue weighted by Gasteiger charge is -2.19. The largest absolute Gasteiger partial charge is 0.495 e. The highest BCUT2D eigenvalue weighted by atomic mass is 35.5. The van der Waals surface area contributed by atoms with Crippen LogP contribution in [0.15, 0.2) is 53.6 Å². The summed E-state index contributed by atoms with van der Waals surface area (Å²) in [5.41, 5.74) is 0.680. The number of H-pyrrole nitrogens is 1. The summed E-state index contributed by atoms with van der Waals surface area (Å²) in [5, 5.41) is 19.8. The summed E-state index contributed by atoms with van der Waals surface area (Å²) < 4.78 is 5.38. The van der Waals surface area contributed by atoms with Gasteiger partial charge in [-0.2, -0.15) is 5.26 Å². The maximum atomic E-state index is 12.8. The SMILES string of the molecule is COc1c[nH]c(=O)c(C(Cc2ccccn2)C(=O)O)c1-c1cc(Cl)ccc1C#N.Cl. The van der Waals surface area contributed by atoms with Crippen LogP contribution in [0.3, 0.4) is 0 Å². The van der Waals surface area contributed by atoms with E-state index in [2.05, 4.69) is 16.0 Å². The lowest BCUT2D eigenvalue weighted by Crippen LogP contribution is -2.25. The molecule has 0 aliphatic carbocycles. The van der Waals surface area contributed by atoms with Crippen molar-refractivity contribution in [2.75, 3.05) is 7.11 Å². The minimum atomic E-state index is -1.22. The maximum Gasteiger partial charge on any atom is 0.311 e. The number of carbonyl (C=O) groups is 1. The molecule has 154 valence electrons. The number of pyridine rings is 2. The molecular formula is C21H17Cl2N3O4. The van der Waals surface area contributed by atoms with Gasteiger partial charge < -0.3 is 14.8 Å². The van der Waals surface area contributed by atoms with Crippen LogP contribution in [-0.2, 0) is 11.2 Å². The molecule has 3 rings (SSSR count). The van der Waals surface area contributed by atoms with Crippen molar-refractivity contribution in [3.8, 4) is 22.9 Å². The van der Waals surface area contributed by atoms with E-state index in [1.165, 1.54) is 25.4 Å². The lowest BCUT2D eigenvalue weighted by atomic mass is 9.87. The third-order valence-electron chi connectivity index (χ3n) is 4.47. The van der Waals surface area contributed by atoms with Gasteiger partial charge in [-0.15, -0.1) is 12.4 Å². The zero-order valence-corrected chi connectivity index (χ0v) is 17.3. The minimum absolute atomic E-state index is 0. The van der Waals surface area contributed by atoms with Gasteiger partial charge >= 0.3 is 5.97 Å². The molecule has 0 amide bonds. The van der Waals surface area contributed by atoms with Gasteiger partial charge in [0.25, 0.3) is 5.56 Å². The number of carboxylic acids is 1. The molecule has 0 saturated carbocycles. The molecule has 0 radical (unpaired) electrons. The maximum absolute atomic E-state index is 12.8. The van der Waals surface area contributed by atoms with Crippen LogP contribution in [0.25, 0.3) is 11.1 Å². The van der Waals surface area contributed by atoms with Gasteiger partial charge in [-0.25, -0.2) is 0 Å². The zero-order valence-electron chi connectivity index (χ0n) is 15.8. The Bertz CT molecular complexity index is 1160. The van der Waals surface area contributed by atoms with Crippen molar-refractivity contribution in [3.63, 3.8) is 0 Å². The molecule has 9 heteroatoms. The normalized spacial score (nSPS) is 11.1. The number of benzene rings is 1.